The molecule has 0 aliphatic carbocycles. The van der Waals surface area contributed by atoms with Gasteiger partial charge in [0.15, 0.2) is 11.5 Å². The zero-order valence-corrected chi connectivity index (χ0v) is 13.2. The highest BCUT2D eigenvalue weighted by Gasteiger charge is 2.12. The van der Waals surface area contributed by atoms with Gasteiger partial charge in [-0.2, -0.15) is 0 Å². The first-order valence-corrected chi connectivity index (χ1v) is 7.63. The summed E-state index contributed by atoms with van der Waals surface area (Å²) in [6, 6.07) is 9.58. The molecule has 0 amide bonds. The van der Waals surface area contributed by atoms with Crippen LogP contribution in [0.4, 0.5) is 0 Å². The van der Waals surface area contributed by atoms with Gasteiger partial charge >= 0.3 is 5.97 Å². The summed E-state index contributed by atoms with van der Waals surface area (Å²) in [5, 5.41) is 8.37. The molecule has 0 aliphatic heterocycles. The highest BCUT2D eigenvalue weighted by molar-refractivity contribution is 7.13. The Morgan fingerprint density at radius 1 is 1.27 bits per heavy atom. The molecule has 0 bridgehead atoms. The molecule has 0 aromatic carbocycles. The number of thiophene rings is 1. The number of methoxy groups -OCH3 is 1. The molecule has 0 saturated carbocycles. The van der Waals surface area contributed by atoms with Crippen LogP contribution in [-0.4, -0.2) is 39.6 Å². The lowest BCUT2D eigenvalue weighted by atomic mass is 10.4. The van der Waals surface area contributed by atoms with Gasteiger partial charge in [0.25, 0.3) is 0 Å². The van der Waals surface area contributed by atoms with E-state index in [1.54, 1.807) is 6.07 Å². The lowest BCUT2D eigenvalue weighted by Gasteiger charge is -2.14. The minimum atomic E-state index is -0.289. The zero-order valence-electron chi connectivity index (χ0n) is 12.4. The van der Waals surface area contributed by atoms with Crippen LogP contribution < -0.4 is 0 Å². The lowest BCUT2D eigenvalue weighted by Crippen LogP contribution is -2.18. The van der Waals surface area contributed by atoms with E-state index >= 15 is 0 Å². The molecule has 7 heteroatoms. The summed E-state index contributed by atoms with van der Waals surface area (Å²) in [4.78, 5) is 15.3. The van der Waals surface area contributed by atoms with Crippen LogP contribution in [0, 0.1) is 0 Å². The van der Waals surface area contributed by atoms with Crippen molar-refractivity contribution in [3.8, 4) is 0 Å². The van der Waals surface area contributed by atoms with E-state index in [4.69, 9.17) is 4.74 Å². The van der Waals surface area contributed by atoms with Crippen molar-refractivity contribution in [1.29, 1.82) is 0 Å². The van der Waals surface area contributed by atoms with Crippen molar-refractivity contribution in [2.75, 3.05) is 14.2 Å². The first-order chi connectivity index (χ1) is 10.7. The molecule has 0 aliphatic rings. The third-order valence-electron chi connectivity index (χ3n) is 3.27. The van der Waals surface area contributed by atoms with E-state index in [1.165, 1.54) is 18.4 Å². The monoisotopic (exact) mass is 316 g/mol. The SMILES string of the molecule is COC(=O)c1ccc(CN(C)Cc2nnc3ccccn23)s1. The summed E-state index contributed by atoms with van der Waals surface area (Å²) in [6.45, 7) is 1.42. The number of fused-ring (bicyclic) bond motifs is 1. The molecule has 3 aromatic heterocycles. The lowest BCUT2D eigenvalue weighted by molar-refractivity contribution is 0.0606. The summed E-state index contributed by atoms with van der Waals surface area (Å²) < 4.78 is 6.70. The quantitative estimate of drug-likeness (QED) is 0.675. The average molecular weight is 316 g/mol. The molecule has 22 heavy (non-hydrogen) atoms. The number of ether oxygens (including phenoxy) is 1. The van der Waals surface area contributed by atoms with Gasteiger partial charge in [0, 0.05) is 17.6 Å². The summed E-state index contributed by atoms with van der Waals surface area (Å²) in [7, 11) is 3.41. The number of hydrogen-bond acceptors (Lipinski definition) is 6. The van der Waals surface area contributed by atoms with E-state index in [2.05, 4.69) is 15.1 Å². The van der Waals surface area contributed by atoms with Gasteiger partial charge in [-0.05, 0) is 31.3 Å². The molecule has 114 valence electrons. The Labute approximate surface area is 132 Å². The van der Waals surface area contributed by atoms with E-state index in [1.807, 2.05) is 41.9 Å². The van der Waals surface area contributed by atoms with Crippen molar-refractivity contribution in [3.05, 3.63) is 52.1 Å². The van der Waals surface area contributed by atoms with Crippen LogP contribution in [-0.2, 0) is 17.8 Å². The Morgan fingerprint density at radius 2 is 2.14 bits per heavy atom. The van der Waals surface area contributed by atoms with Crippen molar-refractivity contribution in [1.82, 2.24) is 19.5 Å². The Hall–Kier alpha value is -2.25. The van der Waals surface area contributed by atoms with E-state index in [0.717, 1.165) is 22.9 Å². The maximum atomic E-state index is 11.5. The van der Waals surface area contributed by atoms with Crippen LogP contribution in [0.2, 0.25) is 0 Å². The highest BCUT2D eigenvalue weighted by Crippen LogP contribution is 2.19. The van der Waals surface area contributed by atoms with Gasteiger partial charge < -0.3 is 4.74 Å². The van der Waals surface area contributed by atoms with E-state index in [-0.39, 0.29) is 5.97 Å². The fourth-order valence-electron chi connectivity index (χ4n) is 2.24. The minimum absolute atomic E-state index is 0.289. The van der Waals surface area contributed by atoms with Crippen LogP contribution in [0.1, 0.15) is 20.4 Å². The van der Waals surface area contributed by atoms with Crippen LogP contribution in [0.3, 0.4) is 0 Å². The van der Waals surface area contributed by atoms with Gasteiger partial charge in [0.2, 0.25) is 0 Å². The summed E-state index contributed by atoms with van der Waals surface area (Å²) in [5.41, 5.74) is 0.843. The summed E-state index contributed by atoms with van der Waals surface area (Å²) in [5.74, 6) is 0.602. The maximum Gasteiger partial charge on any atom is 0.348 e. The van der Waals surface area contributed by atoms with Crippen LogP contribution in [0.25, 0.3) is 5.65 Å². The average Bonchev–Trinajstić information content (AvgIpc) is 3.14. The molecule has 0 saturated heterocycles. The third-order valence-corrected chi connectivity index (χ3v) is 4.32. The number of esters is 1. The standard InChI is InChI=1S/C15H16N4O2S/c1-18(9-11-6-7-12(22-11)15(20)21-2)10-14-17-16-13-5-3-4-8-19(13)14/h3-8H,9-10H2,1-2H3. The number of carbonyl (C=O) groups is 1. The Morgan fingerprint density at radius 3 is 2.95 bits per heavy atom. The molecule has 3 rings (SSSR count). The van der Waals surface area contributed by atoms with Crippen molar-refractivity contribution in [3.63, 3.8) is 0 Å². The normalized spacial score (nSPS) is 11.2. The van der Waals surface area contributed by atoms with Crippen molar-refractivity contribution < 1.29 is 9.53 Å². The third kappa shape index (κ3) is 3.00. The molecule has 0 atom stereocenters. The van der Waals surface area contributed by atoms with Crippen molar-refractivity contribution in [2.24, 2.45) is 0 Å². The van der Waals surface area contributed by atoms with Crippen LogP contribution in [0.5, 0.6) is 0 Å². The molecule has 0 radical (unpaired) electrons. The predicted molar refractivity (Wildman–Crippen MR) is 83.8 cm³/mol. The second kappa shape index (κ2) is 6.25. The smallest absolute Gasteiger partial charge is 0.348 e. The van der Waals surface area contributed by atoms with Gasteiger partial charge in [-0.15, -0.1) is 21.5 Å². The van der Waals surface area contributed by atoms with Gasteiger partial charge in [-0.3, -0.25) is 9.30 Å². The Kier molecular flexibility index (Phi) is 4.17. The number of aromatic nitrogens is 3. The van der Waals surface area contributed by atoms with E-state index < -0.39 is 0 Å². The van der Waals surface area contributed by atoms with Crippen molar-refractivity contribution in [2.45, 2.75) is 13.1 Å². The molecule has 0 spiro atoms. The van der Waals surface area contributed by atoms with Gasteiger partial charge in [0.1, 0.15) is 4.88 Å². The van der Waals surface area contributed by atoms with Crippen LogP contribution in [0.15, 0.2) is 36.5 Å². The molecule has 6 nitrogen and oxygen atoms in total. The van der Waals surface area contributed by atoms with Crippen LogP contribution >= 0.6 is 11.3 Å². The molecule has 0 unspecified atom stereocenters. The second-order valence-electron chi connectivity index (χ2n) is 4.97. The second-order valence-corrected chi connectivity index (χ2v) is 6.14. The van der Waals surface area contributed by atoms with Gasteiger partial charge in [-0.1, -0.05) is 6.07 Å². The van der Waals surface area contributed by atoms with Gasteiger partial charge in [-0.25, -0.2) is 4.79 Å². The first kappa shape index (κ1) is 14.7. The minimum Gasteiger partial charge on any atom is -0.465 e. The van der Waals surface area contributed by atoms with Gasteiger partial charge in [0.05, 0.1) is 13.7 Å². The van der Waals surface area contributed by atoms with E-state index in [9.17, 15) is 4.79 Å². The number of rotatable bonds is 5. The Balaban J connectivity index is 1.68. The molecular weight excluding hydrogens is 300 g/mol. The van der Waals surface area contributed by atoms with E-state index in [0.29, 0.717) is 11.4 Å². The number of pyridine rings is 1. The molecule has 0 fully saturated rings. The number of nitrogens with zero attached hydrogens (tertiary/aromatic N) is 4. The predicted octanol–water partition coefficient (Wildman–Crippen LogP) is 2.21. The summed E-state index contributed by atoms with van der Waals surface area (Å²) >= 11 is 1.45. The largest absolute Gasteiger partial charge is 0.465 e. The molecule has 0 N–H and O–H groups in total. The molecule has 3 heterocycles. The fourth-order valence-corrected chi connectivity index (χ4v) is 3.24. The first-order valence-electron chi connectivity index (χ1n) is 6.81. The number of carbonyl (C=O) groups excluding carboxylic acids is 1. The molecule has 3 aromatic rings. The summed E-state index contributed by atoms with van der Waals surface area (Å²) in [6.07, 6.45) is 1.96. The molecular formula is C15H16N4O2S. The zero-order chi connectivity index (χ0) is 15.5. The highest BCUT2D eigenvalue weighted by atomic mass is 32.1. The van der Waals surface area contributed by atoms with Crippen molar-refractivity contribution >= 4 is 23.0 Å². The Bertz CT molecular complexity index is 796. The number of hydrogen-bond donors (Lipinski definition) is 0. The fraction of sp³-hybridized carbons (Fsp3) is 0.267. The maximum absolute atomic E-state index is 11.5. The topological polar surface area (TPSA) is 59.7 Å².